The maximum absolute atomic E-state index is 13.1. The van der Waals surface area contributed by atoms with Crippen LogP contribution >= 0.6 is 11.6 Å². The van der Waals surface area contributed by atoms with Gasteiger partial charge < -0.3 is 15.2 Å². The van der Waals surface area contributed by atoms with Crippen molar-refractivity contribution in [3.05, 3.63) is 82.9 Å². The minimum atomic E-state index is -4.65. The minimum absolute atomic E-state index is 0.0602. The van der Waals surface area contributed by atoms with E-state index in [9.17, 15) is 22.9 Å². The van der Waals surface area contributed by atoms with Crippen molar-refractivity contribution in [1.82, 2.24) is 0 Å². The second-order valence-electron chi connectivity index (χ2n) is 7.97. The van der Waals surface area contributed by atoms with Crippen molar-refractivity contribution in [2.75, 3.05) is 12.4 Å². The molecule has 9 nitrogen and oxygen atoms in total. The van der Waals surface area contributed by atoms with Crippen LogP contribution in [0, 0.1) is 0 Å². The molecular formula is C26H22ClN3O6S. The van der Waals surface area contributed by atoms with E-state index in [0.717, 1.165) is 0 Å². The van der Waals surface area contributed by atoms with Crippen LogP contribution < -0.4 is 10.1 Å². The number of methoxy groups -OCH3 is 1. The SMILES string of the molecule is CCc1cc(S(=O)(=O)O)c(N=Nc2c(O)c(C(=O)Nc3ccc(OC)cc3)cc3ccccc23)cc1Cl. The molecule has 0 bridgehead atoms. The molecule has 0 saturated carbocycles. The molecule has 37 heavy (non-hydrogen) atoms. The van der Waals surface area contributed by atoms with Gasteiger partial charge in [-0.05, 0) is 59.8 Å². The number of amides is 1. The lowest BCUT2D eigenvalue weighted by atomic mass is 10.0. The molecule has 0 spiro atoms. The van der Waals surface area contributed by atoms with Gasteiger partial charge in [-0.3, -0.25) is 9.35 Å². The molecule has 4 aromatic carbocycles. The number of azo groups is 1. The summed E-state index contributed by atoms with van der Waals surface area (Å²) in [7, 11) is -3.12. The predicted octanol–water partition coefficient (Wildman–Crippen LogP) is 6.68. The van der Waals surface area contributed by atoms with Gasteiger partial charge in [0.1, 0.15) is 22.0 Å². The number of fused-ring (bicyclic) bond motifs is 1. The largest absolute Gasteiger partial charge is 0.505 e. The number of carbonyl (C=O) groups is 1. The van der Waals surface area contributed by atoms with Crippen molar-refractivity contribution in [1.29, 1.82) is 0 Å². The number of phenols is 1. The molecular weight excluding hydrogens is 518 g/mol. The van der Waals surface area contributed by atoms with E-state index in [1.165, 1.54) is 25.3 Å². The molecule has 0 aliphatic carbocycles. The summed E-state index contributed by atoms with van der Waals surface area (Å²) in [6.07, 6.45) is 0.426. The Hall–Kier alpha value is -3.99. The smallest absolute Gasteiger partial charge is 0.296 e. The Balaban J connectivity index is 1.81. The third kappa shape index (κ3) is 5.56. The van der Waals surface area contributed by atoms with Crippen LogP contribution in [0.2, 0.25) is 5.02 Å². The number of ether oxygens (including phenoxy) is 1. The zero-order valence-corrected chi connectivity index (χ0v) is 21.3. The van der Waals surface area contributed by atoms with E-state index in [-0.39, 0.29) is 22.0 Å². The number of carbonyl (C=O) groups excluding carboxylic acids is 1. The van der Waals surface area contributed by atoms with Gasteiger partial charge in [0.15, 0.2) is 5.75 Å². The Labute approximate surface area is 218 Å². The number of phenolic OH excluding ortho intramolecular Hbond substituents is 1. The first-order valence-electron chi connectivity index (χ1n) is 11.0. The van der Waals surface area contributed by atoms with Gasteiger partial charge in [-0.1, -0.05) is 42.8 Å². The van der Waals surface area contributed by atoms with E-state index in [0.29, 0.717) is 34.2 Å². The monoisotopic (exact) mass is 539 g/mol. The highest BCUT2D eigenvalue weighted by Gasteiger charge is 2.21. The summed E-state index contributed by atoms with van der Waals surface area (Å²) in [5.74, 6) is -0.442. The van der Waals surface area contributed by atoms with Gasteiger partial charge in [0.05, 0.1) is 12.7 Å². The lowest BCUT2D eigenvalue weighted by molar-refractivity contribution is 0.102. The molecule has 1 amide bonds. The highest BCUT2D eigenvalue weighted by molar-refractivity contribution is 7.86. The Morgan fingerprint density at radius 2 is 1.76 bits per heavy atom. The Morgan fingerprint density at radius 3 is 2.41 bits per heavy atom. The molecule has 0 fully saturated rings. The maximum atomic E-state index is 13.1. The lowest BCUT2D eigenvalue weighted by Crippen LogP contribution is -2.12. The topological polar surface area (TPSA) is 138 Å². The summed E-state index contributed by atoms with van der Waals surface area (Å²) in [5, 5.41) is 23.1. The molecule has 190 valence electrons. The van der Waals surface area contributed by atoms with Gasteiger partial charge in [-0.2, -0.15) is 8.42 Å². The fraction of sp³-hybridized carbons (Fsp3) is 0.115. The van der Waals surface area contributed by atoms with E-state index in [1.807, 2.05) is 0 Å². The summed E-state index contributed by atoms with van der Waals surface area (Å²) in [6.45, 7) is 1.78. The van der Waals surface area contributed by atoms with Gasteiger partial charge in [0, 0.05) is 16.1 Å². The predicted molar refractivity (Wildman–Crippen MR) is 141 cm³/mol. The first kappa shape index (κ1) is 26.1. The lowest BCUT2D eigenvalue weighted by Gasteiger charge is -2.12. The van der Waals surface area contributed by atoms with Gasteiger partial charge in [0.2, 0.25) is 0 Å². The fourth-order valence-corrected chi connectivity index (χ4v) is 4.66. The van der Waals surface area contributed by atoms with E-state index in [1.54, 1.807) is 55.5 Å². The number of hydrogen-bond donors (Lipinski definition) is 3. The Bertz CT molecular complexity index is 1640. The van der Waals surface area contributed by atoms with Crippen molar-refractivity contribution < 1.29 is 27.6 Å². The first-order chi connectivity index (χ1) is 17.6. The molecule has 0 aromatic heterocycles. The number of nitrogens with zero attached hydrogens (tertiary/aromatic N) is 2. The Kier molecular flexibility index (Phi) is 7.44. The van der Waals surface area contributed by atoms with Crippen LogP contribution in [0.15, 0.2) is 81.9 Å². The maximum Gasteiger partial charge on any atom is 0.296 e. The number of benzene rings is 4. The van der Waals surface area contributed by atoms with E-state index >= 15 is 0 Å². The minimum Gasteiger partial charge on any atom is -0.505 e. The third-order valence-corrected chi connectivity index (χ3v) is 6.87. The average Bonchev–Trinajstić information content (AvgIpc) is 2.87. The Morgan fingerprint density at radius 1 is 1.05 bits per heavy atom. The summed E-state index contributed by atoms with van der Waals surface area (Å²) in [5.41, 5.74) is 0.623. The van der Waals surface area contributed by atoms with Gasteiger partial charge in [-0.15, -0.1) is 10.2 Å². The molecule has 0 aliphatic rings. The number of rotatable bonds is 7. The zero-order valence-electron chi connectivity index (χ0n) is 19.8. The zero-order chi connectivity index (χ0) is 26.7. The van der Waals surface area contributed by atoms with Crippen molar-refractivity contribution in [3.8, 4) is 11.5 Å². The van der Waals surface area contributed by atoms with Crippen LogP contribution in [0.4, 0.5) is 17.1 Å². The molecule has 11 heteroatoms. The number of nitrogens with one attached hydrogen (secondary N) is 1. The van der Waals surface area contributed by atoms with E-state index < -0.39 is 26.7 Å². The quantitative estimate of drug-likeness (QED) is 0.177. The highest BCUT2D eigenvalue weighted by Crippen LogP contribution is 2.41. The van der Waals surface area contributed by atoms with E-state index in [2.05, 4.69) is 15.5 Å². The highest BCUT2D eigenvalue weighted by atomic mass is 35.5. The van der Waals surface area contributed by atoms with Crippen LogP contribution in [0.1, 0.15) is 22.8 Å². The van der Waals surface area contributed by atoms with Crippen LogP contribution in [0.5, 0.6) is 11.5 Å². The molecule has 4 aromatic rings. The second-order valence-corrected chi connectivity index (χ2v) is 9.76. The number of aryl methyl sites for hydroxylation is 1. The summed E-state index contributed by atoms with van der Waals surface area (Å²) in [4.78, 5) is 12.6. The molecule has 0 radical (unpaired) electrons. The van der Waals surface area contributed by atoms with E-state index in [4.69, 9.17) is 16.3 Å². The standard InChI is InChI=1S/C26H22ClN3O6S/c1-3-15-13-23(37(33,34)35)22(14-21(15)27)29-30-24-19-7-5-4-6-16(19)12-20(25(24)31)26(32)28-17-8-10-18(36-2)11-9-17/h4-14,31H,3H2,1-2H3,(H,28,32)(H,33,34,35). The molecule has 0 atom stereocenters. The number of anilines is 1. The van der Waals surface area contributed by atoms with Crippen molar-refractivity contribution in [2.24, 2.45) is 10.2 Å². The van der Waals surface area contributed by atoms with Crippen LogP contribution in [0.25, 0.3) is 10.8 Å². The molecule has 0 aliphatic heterocycles. The fourth-order valence-electron chi connectivity index (χ4n) is 3.71. The normalized spacial score (nSPS) is 11.7. The van der Waals surface area contributed by atoms with Crippen LogP contribution in [0.3, 0.4) is 0 Å². The number of halogens is 1. The number of aromatic hydroxyl groups is 1. The molecule has 0 saturated heterocycles. The summed E-state index contributed by atoms with van der Waals surface area (Å²) < 4.78 is 38.8. The number of hydrogen-bond acceptors (Lipinski definition) is 7. The van der Waals surface area contributed by atoms with Crippen LogP contribution in [-0.2, 0) is 16.5 Å². The molecule has 0 heterocycles. The van der Waals surface area contributed by atoms with Crippen LogP contribution in [-0.4, -0.2) is 31.1 Å². The molecule has 0 unspecified atom stereocenters. The van der Waals surface area contributed by atoms with Crippen molar-refractivity contribution in [2.45, 2.75) is 18.2 Å². The van der Waals surface area contributed by atoms with Gasteiger partial charge >= 0.3 is 0 Å². The second kappa shape index (κ2) is 10.6. The average molecular weight is 540 g/mol. The first-order valence-corrected chi connectivity index (χ1v) is 12.9. The molecule has 3 N–H and O–H groups in total. The van der Waals surface area contributed by atoms with Gasteiger partial charge in [-0.25, -0.2) is 0 Å². The van der Waals surface area contributed by atoms with Gasteiger partial charge in [0.25, 0.3) is 16.0 Å². The third-order valence-electron chi connectivity index (χ3n) is 5.63. The summed E-state index contributed by atoms with van der Waals surface area (Å²) in [6, 6.07) is 17.5. The summed E-state index contributed by atoms with van der Waals surface area (Å²) >= 11 is 6.23. The van der Waals surface area contributed by atoms with Crippen molar-refractivity contribution >= 4 is 55.5 Å². The molecule has 4 rings (SSSR count). The van der Waals surface area contributed by atoms with Crippen molar-refractivity contribution in [3.63, 3.8) is 0 Å².